The van der Waals surface area contributed by atoms with Crippen LogP contribution >= 0.6 is 0 Å². The van der Waals surface area contributed by atoms with Crippen molar-refractivity contribution < 1.29 is 14.6 Å². The summed E-state index contributed by atoms with van der Waals surface area (Å²) in [4.78, 5) is 11.4. The standard InChI is InChI=1S/C8H14N2O3/c11-7-5-8(12)10(6-7)9-1-3-13-4-2-9/h7,11H,1-6H2. The van der Waals surface area contributed by atoms with E-state index in [0.29, 0.717) is 19.8 Å². The van der Waals surface area contributed by atoms with Crippen LogP contribution in [0.25, 0.3) is 0 Å². The summed E-state index contributed by atoms with van der Waals surface area (Å²) in [6.45, 7) is 3.27. The van der Waals surface area contributed by atoms with Gasteiger partial charge < -0.3 is 9.84 Å². The Hall–Kier alpha value is -0.650. The fourth-order valence-electron chi connectivity index (χ4n) is 1.74. The van der Waals surface area contributed by atoms with Crippen molar-refractivity contribution in [2.45, 2.75) is 12.5 Å². The molecular formula is C8H14N2O3. The first-order valence-corrected chi connectivity index (χ1v) is 4.58. The third kappa shape index (κ3) is 1.82. The van der Waals surface area contributed by atoms with Gasteiger partial charge in [0.25, 0.3) is 0 Å². The quantitative estimate of drug-likeness (QED) is 0.560. The molecule has 2 rings (SSSR count). The topological polar surface area (TPSA) is 53.0 Å². The van der Waals surface area contributed by atoms with E-state index in [1.165, 1.54) is 0 Å². The number of hydrazine groups is 1. The number of hydrogen-bond donors (Lipinski definition) is 1. The number of aliphatic hydroxyl groups excluding tert-OH is 1. The summed E-state index contributed by atoms with van der Waals surface area (Å²) in [5, 5.41) is 12.9. The maximum Gasteiger partial charge on any atom is 0.239 e. The number of hydrogen-bond acceptors (Lipinski definition) is 4. The number of nitrogens with zero attached hydrogens (tertiary/aromatic N) is 2. The lowest BCUT2D eigenvalue weighted by molar-refractivity contribution is -0.150. The van der Waals surface area contributed by atoms with E-state index < -0.39 is 6.10 Å². The minimum atomic E-state index is -0.490. The molecule has 1 amide bonds. The van der Waals surface area contributed by atoms with Crippen molar-refractivity contribution in [1.29, 1.82) is 0 Å². The maximum atomic E-state index is 11.4. The molecule has 0 aromatic rings. The van der Waals surface area contributed by atoms with Crippen molar-refractivity contribution in [3.8, 4) is 0 Å². The van der Waals surface area contributed by atoms with Crippen LogP contribution < -0.4 is 0 Å². The maximum absolute atomic E-state index is 11.4. The lowest BCUT2D eigenvalue weighted by atomic mass is 10.3. The number of morpholine rings is 1. The van der Waals surface area contributed by atoms with Crippen LogP contribution in [-0.4, -0.2) is 60.0 Å². The van der Waals surface area contributed by atoms with E-state index in [1.54, 1.807) is 5.01 Å². The molecule has 2 heterocycles. The van der Waals surface area contributed by atoms with Gasteiger partial charge in [0, 0.05) is 13.1 Å². The molecule has 2 aliphatic heterocycles. The Kier molecular flexibility index (Phi) is 2.48. The Labute approximate surface area is 76.8 Å². The monoisotopic (exact) mass is 186 g/mol. The SMILES string of the molecule is O=C1CC(O)CN1N1CCOCC1. The number of β-amino-alcohol motifs (C(OH)–C–C–N with tert-alkyl or cyclic N) is 1. The van der Waals surface area contributed by atoms with Crippen LogP contribution in [0.5, 0.6) is 0 Å². The minimum absolute atomic E-state index is 0.0226. The Morgan fingerprint density at radius 2 is 2.08 bits per heavy atom. The zero-order valence-corrected chi connectivity index (χ0v) is 7.48. The van der Waals surface area contributed by atoms with E-state index in [-0.39, 0.29) is 12.3 Å². The first kappa shape index (κ1) is 8.93. The van der Waals surface area contributed by atoms with Crippen molar-refractivity contribution in [3.63, 3.8) is 0 Å². The fourth-order valence-corrected chi connectivity index (χ4v) is 1.74. The Morgan fingerprint density at radius 1 is 1.38 bits per heavy atom. The van der Waals surface area contributed by atoms with Gasteiger partial charge in [-0.15, -0.1) is 0 Å². The normalized spacial score (nSPS) is 31.3. The van der Waals surface area contributed by atoms with E-state index in [9.17, 15) is 9.90 Å². The molecule has 0 aromatic carbocycles. The second-order valence-corrected chi connectivity index (χ2v) is 3.40. The zero-order valence-electron chi connectivity index (χ0n) is 7.48. The fraction of sp³-hybridized carbons (Fsp3) is 0.875. The van der Waals surface area contributed by atoms with E-state index >= 15 is 0 Å². The first-order valence-electron chi connectivity index (χ1n) is 4.58. The van der Waals surface area contributed by atoms with Crippen molar-refractivity contribution in [3.05, 3.63) is 0 Å². The second-order valence-electron chi connectivity index (χ2n) is 3.40. The van der Waals surface area contributed by atoms with Gasteiger partial charge in [0.05, 0.1) is 32.3 Å². The molecule has 0 radical (unpaired) electrons. The molecule has 13 heavy (non-hydrogen) atoms. The number of carbonyl (C=O) groups is 1. The molecule has 1 unspecified atom stereocenters. The molecule has 74 valence electrons. The molecule has 1 N–H and O–H groups in total. The smallest absolute Gasteiger partial charge is 0.239 e. The van der Waals surface area contributed by atoms with Crippen molar-refractivity contribution in [2.75, 3.05) is 32.8 Å². The molecular weight excluding hydrogens is 172 g/mol. The number of carbonyl (C=O) groups excluding carboxylic acids is 1. The highest BCUT2D eigenvalue weighted by Gasteiger charge is 2.32. The van der Waals surface area contributed by atoms with Crippen LogP contribution in [0.1, 0.15) is 6.42 Å². The van der Waals surface area contributed by atoms with Gasteiger partial charge in [-0.1, -0.05) is 0 Å². The van der Waals surface area contributed by atoms with Gasteiger partial charge in [-0.2, -0.15) is 0 Å². The number of aliphatic hydroxyl groups is 1. The first-order chi connectivity index (χ1) is 6.27. The third-order valence-electron chi connectivity index (χ3n) is 2.41. The molecule has 1 atom stereocenters. The minimum Gasteiger partial charge on any atom is -0.391 e. The van der Waals surface area contributed by atoms with Crippen LogP contribution in [0.3, 0.4) is 0 Å². The summed E-state index contributed by atoms with van der Waals surface area (Å²) >= 11 is 0. The van der Waals surface area contributed by atoms with Gasteiger partial charge >= 0.3 is 0 Å². The molecule has 2 saturated heterocycles. The van der Waals surface area contributed by atoms with Crippen LogP contribution in [0.15, 0.2) is 0 Å². The Bertz CT molecular complexity index is 204. The molecule has 2 aliphatic rings. The van der Waals surface area contributed by atoms with E-state index in [4.69, 9.17) is 4.74 Å². The van der Waals surface area contributed by atoms with E-state index in [2.05, 4.69) is 0 Å². The molecule has 0 bridgehead atoms. The van der Waals surface area contributed by atoms with Gasteiger partial charge in [0.1, 0.15) is 0 Å². The predicted molar refractivity (Wildman–Crippen MR) is 44.7 cm³/mol. The predicted octanol–water partition coefficient (Wildman–Crippen LogP) is -1.17. The highest BCUT2D eigenvalue weighted by atomic mass is 16.5. The van der Waals surface area contributed by atoms with Crippen LogP contribution in [0.4, 0.5) is 0 Å². The summed E-state index contributed by atoms with van der Waals surface area (Å²) in [6, 6.07) is 0. The van der Waals surface area contributed by atoms with Crippen LogP contribution in [0, 0.1) is 0 Å². The largest absolute Gasteiger partial charge is 0.391 e. The highest BCUT2D eigenvalue weighted by molar-refractivity contribution is 5.78. The number of ether oxygens (including phenoxy) is 1. The third-order valence-corrected chi connectivity index (χ3v) is 2.41. The molecule has 0 spiro atoms. The number of amides is 1. The summed E-state index contributed by atoms with van der Waals surface area (Å²) in [5.74, 6) is 0.0226. The average Bonchev–Trinajstić information content (AvgIpc) is 2.47. The van der Waals surface area contributed by atoms with Crippen LogP contribution in [0.2, 0.25) is 0 Å². The molecule has 2 fully saturated rings. The van der Waals surface area contributed by atoms with Crippen LogP contribution in [-0.2, 0) is 9.53 Å². The van der Waals surface area contributed by atoms with Crippen molar-refractivity contribution >= 4 is 5.91 Å². The lowest BCUT2D eigenvalue weighted by Gasteiger charge is -2.34. The Balaban J connectivity index is 1.95. The lowest BCUT2D eigenvalue weighted by Crippen LogP contribution is -2.49. The van der Waals surface area contributed by atoms with Gasteiger partial charge in [-0.25, -0.2) is 5.01 Å². The van der Waals surface area contributed by atoms with E-state index in [1.807, 2.05) is 5.01 Å². The Morgan fingerprint density at radius 3 is 2.62 bits per heavy atom. The summed E-state index contributed by atoms with van der Waals surface area (Å²) in [5.41, 5.74) is 0. The molecule has 5 heteroatoms. The van der Waals surface area contributed by atoms with Gasteiger partial charge in [-0.05, 0) is 0 Å². The molecule has 0 aromatic heterocycles. The van der Waals surface area contributed by atoms with Crippen molar-refractivity contribution in [1.82, 2.24) is 10.0 Å². The van der Waals surface area contributed by atoms with E-state index in [0.717, 1.165) is 13.1 Å². The summed E-state index contributed by atoms with van der Waals surface area (Å²) in [7, 11) is 0. The number of rotatable bonds is 1. The zero-order chi connectivity index (χ0) is 9.26. The van der Waals surface area contributed by atoms with Gasteiger partial charge in [0.15, 0.2) is 0 Å². The highest BCUT2D eigenvalue weighted by Crippen LogP contribution is 2.14. The molecule has 0 saturated carbocycles. The van der Waals surface area contributed by atoms with Gasteiger partial charge in [-0.3, -0.25) is 9.80 Å². The molecule has 0 aliphatic carbocycles. The summed E-state index contributed by atoms with van der Waals surface area (Å²) < 4.78 is 5.18. The van der Waals surface area contributed by atoms with Gasteiger partial charge in [0.2, 0.25) is 5.91 Å². The molecule has 5 nitrogen and oxygen atoms in total. The average molecular weight is 186 g/mol. The summed E-state index contributed by atoms with van der Waals surface area (Å²) in [6.07, 6.45) is -0.229. The van der Waals surface area contributed by atoms with Crippen molar-refractivity contribution in [2.24, 2.45) is 0 Å². The second kappa shape index (κ2) is 3.61.